The number of aromatic nitrogens is 3. The van der Waals surface area contributed by atoms with Crippen LogP contribution in [0.3, 0.4) is 0 Å². The van der Waals surface area contributed by atoms with Crippen molar-refractivity contribution in [2.75, 3.05) is 20.3 Å². The number of ether oxygens (including phenoxy) is 2. The van der Waals surface area contributed by atoms with Gasteiger partial charge < -0.3 is 9.47 Å². The standard InChI is InChI=1S/C7H13N3O4/c1-9-6(11)8-10(7(9)12)5-14-4-3-13-2/h3-5H2,1-2H3,(H,8,11). The third-order valence-corrected chi connectivity index (χ3v) is 1.71. The minimum Gasteiger partial charge on any atom is -0.382 e. The summed E-state index contributed by atoms with van der Waals surface area (Å²) in [4.78, 5) is 22.2. The van der Waals surface area contributed by atoms with Gasteiger partial charge in [-0.25, -0.2) is 23.9 Å². The van der Waals surface area contributed by atoms with E-state index >= 15 is 0 Å². The summed E-state index contributed by atoms with van der Waals surface area (Å²) in [5, 5.41) is 2.34. The second-order valence-corrected chi connectivity index (χ2v) is 2.72. The molecule has 0 atom stereocenters. The van der Waals surface area contributed by atoms with E-state index < -0.39 is 11.4 Å². The number of aromatic amines is 1. The van der Waals surface area contributed by atoms with E-state index in [4.69, 9.17) is 9.47 Å². The van der Waals surface area contributed by atoms with Crippen LogP contribution in [0.1, 0.15) is 0 Å². The Hall–Kier alpha value is -1.34. The van der Waals surface area contributed by atoms with Gasteiger partial charge in [-0.1, -0.05) is 0 Å². The van der Waals surface area contributed by atoms with Gasteiger partial charge in [0, 0.05) is 14.2 Å². The second kappa shape index (κ2) is 4.77. The third kappa shape index (κ3) is 2.33. The highest BCUT2D eigenvalue weighted by Crippen LogP contribution is 1.78. The number of hydrogen-bond acceptors (Lipinski definition) is 4. The first kappa shape index (κ1) is 10.7. The molecule has 0 spiro atoms. The predicted molar refractivity (Wildman–Crippen MR) is 48.1 cm³/mol. The molecule has 0 unspecified atom stereocenters. The molecule has 1 aromatic heterocycles. The number of rotatable bonds is 5. The van der Waals surface area contributed by atoms with Crippen LogP contribution in [0.25, 0.3) is 0 Å². The minimum atomic E-state index is -0.453. The zero-order chi connectivity index (χ0) is 10.6. The molecule has 0 bridgehead atoms. The highest BCUT2D eigenvalue weighted by molar-refractivity contribution is 4.65. The average Bonchev–Trinajstić information content (AvgIpc) is 2.41. The maximum Gasteiger partial charge on any atom is 0.348 e. The minimum absolute atomic E-state index is 0.0261. The van der Waals surface area contributed by atoms with E-state index in [0.29, 0.717) is 13.2 Å². The molecular weight excluding hydrogens is 190 g/mol. The summed E-state index contributed by atoms with van der Waals surface area (Å²) in [5.41, 5.74) is -0.877. The Labute approximate surface area is 79.8 Å². The summed E-state index contributed by atoms with van der Waals surface area (Å²) in [6.07, 6.45) is 0. The fourth-order valence-electron chi connectivity index (χ4n) is 0.892. The van der Waals surface area contributed by atoms with E-state index in [2.05, 4.69) is 5.10 Å². The summed E-state index contributed by atoms with van der Waals surface area (Å²) >= 11 is 0. The topological polar surface area (TPSA) is 78.2 Å². The molecule has 0 radical (unpaired) electrons. The Morgan fingerprint density at radius 3 is 2.57 bits per heavy atom. The fourth-order valence-corrected chi connectivity index (χ4v) is 0.892. The molecule has 0 fully saturated rings. The highest BCUT2D eigenvalue weighted by Gasteiger charge is 2.03. The van der Waals surface area contributed by atoms with Gasteiger partial charge in [0.1, 0.15) is 6.73 Å². The lowest BCUT2D eigenvalue weighted by Gasteiger charge is -2.01. The number of nitrogens with one attached hydrogen (secondary N) is 1. The Bertz CT molecular complexity index is 388. The molecule has 1 rings (SSSR count). The van der Waals surface area contributed by atoms with Crippen LogP contribution in [-0.4, -0.2) is 34.7 Å². The summed E-state index contributed by atoms with van der Waals surface area (Å²) in [5.74, 6) is 0. The van der Waals surface area contributed by atoms with Crippen molar-refractivity contribution in [3.8, 4) is 0 Å². The van der Waals surface area contributed by atoms with E-state index in [1.165, 1.54) is 7.05 Å². The predicted octanol–water partition coefficient (Wildman–Crippen LogP) is -1.50. The molecule has 0 saturated heterocycles. The summed E-state index contributed by atoms with van der Waals surface area (Å²) < 4.78 is 11.9. The molecule has 7 heteroatoms. The molecule has 0 aromatic carbocycles. The van der Waals surface area contributed by atoms with E-state index in [-0.39, 0.29) is 6.73 Å². The van der Waals surface area contributed by atoms with Crippen molar-refractivity contribution in [3.63, 3.8) is 0 Å². The molecule has 0 aliphatic heterocycles. The number of nitrogens with zero attached hydrogens (tertiary/aromatic N) is 2. The summed E-state index contributed by atoms with van der Waals surface area (Å²) in [6.45, 7) is 0.851. The molecule has 0 amide bonds. The molecule has 1 aromatic rings. The van der Waals surface area contributed by atoms with Gasteiger partial charge in [-0.05, 0) is 0 Å². The molecule has 80 valence electrons. The Morgan fingerprint density at radius 2 is 2.07 bits per heavy atom. The quantitative estimate of drug-likeness (QED) is 0.590. The Kier molecular flexibility index (Phi) is 3.66. The first-order valence-electron chi connectivity index (χ1n) is 4.09. The van der Waals surface area contributed by atoms with Crippen LogP contribution in [0, 0.1) is 0 Å². The van der Waals surface area contributed by atoms with Gasteiger partial charge >= 0.3 is 11.4 Å². The number of H-pyrrole nitrogens is 1. The van der Waals surface area contributed by atoms with Crippen molar-refractivity contribution in [3.05, 3.63) is 21.0 Å². The number of methoxy groups -OCH3 is 1. The Morgan fingerprint density at radius 1 is 1.36 bits per heavy atom. The van der Waals surface area contributed by atoms with Crippen LogP contribution in [-0.2, 0) is 23.3 Å². The first-order valence-corrected chi connectivity index (χ1v) is 4.09. The molecule has 7 nitrogen and oxygen atoms in total. The lowest BCUT2D eigenvalue weighted by molar-refractivity contribution is 0.0269. The van der Waals surface area contributed by atoms with Gasteiger partial charge in [0.15, 0.2) is 0 Å². The van der Waals surface area contributed by atoms with Gasteiger partial charge in [-0.15, -0.1) is 0 Å². The SMILES string of the molecule is COCCOCn1[nH]c(=O)n(C)c1=O. The van der Waals surface area contributed by atoms with E-state index in [1.54, 1.807) is 7.11 Å². The maximum absolute atomic E-state index is 11.2. The van der Waals surface area contributed by atoms with Gasteiger partial charge in [0.25, 0.3) is 0 Å². The summed E-state index contributed by atoms with van der Waals surface area (Å²) in [7, 11) is 2.95. The van der Waals surface area contributed by atoms with Gasteiger partial charge in [0.05, 0.1) is 13.2 Å². The third-order valence-electron chi connectivity index (χ3n) is 1.71. The summed E-state index contributed by atoms with van der Waals surface area (Å²) in [6, 6.07) is 0. The zero-order valence-corrected chi connectivity index (χ0v) is 8.15. The monoisotopic (exact) mass is 203 g/mol. The van der Waals surface area contributed by atoms with E-state index in [0.717, 1.165) is 9.25 Å². The van der Waals surface area contributed by atoms with Crippen LogP contribution in [0.4, 0.5) is 0 Å². The van der Waals surface area contributed by atoms with Crippen LogP contribution < -0.4 is 11.4 Å². The zero-order valence-electron chi connectivity index (χ0n) is 8.15. The first-order chi connectivity index (χ1) is 6.66. The van der Waals surface area contributed by atoms with E-state index in [9.17, 15) is 9.59 Å². The van der Waals surface area contributed by atoms with Crippen LogP contribution in [0.15, 0.2) is 9.59 Å². The van der Waals surface area contributed by atoms with Crippen LogP contribution >= 0.6 is 0 Å². The van der Waals surface area contributed by atoms with Crippen molar-refractivity contribution in [2.45, 2.75) is 6.73 Å². The highest BCUT2D eigenvalue weighted by atomic mass is 16.5. The van der Waals surface area contributed by atoms with Crippen molar-refractivity contribution in [1.29, 1.82) is 0 Å². The van der Waals surface area contributed by atoms with Crippen LogP contribution in [0.2, 0.25) is 0 Å². The molecule has 14 heavy (non-hydrogen) atoms. The van der Waals surface area contributed by atoms with Crippen molar-refractivity contribution in [2.24, 2.45) is 7.05 Å². The second-order valence-electron chi connectivity index (χ2n) is 2.72. The van der Waals surface area contributed by atoms with Crippen LogP contribution in [0.5, 0.6) is 0 Å². The van der Waals surface area contributed by atoms with E-state index in [1.807, 2.05) is 0 Å². The smallest absolute Gasteiger partial charge is 0.348 e. The van der Waals surface area contributed by atoms with Crippen molar-refractivity contribution >= 4 is 0 Å². The van der Waals surface area contributed by atoms with Gasteiger partial charge in [-0.2, -0.15) is 0 Å². The molecule has 1 heterocycles. The Balaban J connectivity index is 2.56. The molecule has 1 N–H and O–H groups in total. The fraction of sp³-hybridized carbons (Fsp3) is 0.714. The molecular formula is C7H13N3O4. The average molecular weight is 203 g/mol. The lowest BCUT2D eigenvalue weighted by atomic mass is 10.8. The maximum atomic E-state index is 11.2. The normalized spacial score (nSPS) is 10.7. The van der Waals surface area contributed by atoms with Crippen molar-refractivity contribution < 1.29 is 9.47 Å². The van der Waals surface area contributed by atoms with Gasteiger partial charge in [0.2, 0.25) is 0 Å². The molecule has 0 aliphatic carbocycles. The van der Waals surface area contributed by atoms with Crippen molar-refractivity contribution in [1.82, 2.24) is 14.3 Å². The number of hydrogen-bond donors (Lipinski definition) is 1. The molecule has 0 saturated carbocycles. The lowest BCUT2D eigenvalue weighted by Crippen LogP contribution is -2.26. The largest absolute Gasteiger partial charge is 0.382 e. The molecule has 0 aliphatic rings. The van der Waals surface area contributed by atoms with Gasteiger partial charge in [-0.3, -0.25) is 0 Å².